The molecule has 2 rings (SSSR count). The van der Waals surface area contributed by atoms with Gasteiger partial charge in [0.1, 0.15) is 17.5 Å². The highest BCUT2D eigenvalue weighted by Crippen LogP contribution is 2.22. The molecule has 0 saturated heterocycles. The van der Waals surface area contributed by atoms with Crippen LogP contribution in [0.25, 0.3) is 0 Å². The van der Waals surface area contributed by atoms with Crippen molar-refractivity contribution in [3.63, 3.8) is 0 Å². The minimum atomic E-state index is 0.123. The summed E-state index contributed by atoms with van der Waals surface area (Å²) in [5.41, 5.74) is 1.13. The molecule has 4 nitrogen and oxygen atoms in total. The molecular formula is C16H21ClN4. The third kappa shape index (κ3) is 4.33. The molecule has 0 saturated carbocycles. The lowest BCUT2D eigenvalue weighted by Gasteiger charge is -2.16. The van der Waals surface area contributed by atoms with Crippen LogP contribution in [-0.2, 0) is 6.42 Å². The Balaban J connectivity index is 2.19. The van der Waals surface area contributed by atoms with E-state index in [9.17, 15) is 0 Å². The number of halogens is 1. The Morgan fingerprint density at radius 3 is 2.57 bits per heavy atom. The SMILES string of the molecule is CCNc1cc(NC(C)c2cccc(Cl)c2)nc(CC)n1. The Kier molecular flexibility index (Phi) is 5.39. The van der Waals surface area contributed by atoms with Crippen LogP contribution in [0.5, 0.6) is 0 Å². The van der Waals surface area contributed by atoms with E-state index < -0.39 is 0 Å². The van der Waals surface area contributed by atoms with E-state index in [1.54, 1.807) is 0 Å². The van der Waals surface area contributed by atoms with Crippen LogP contribution >= 0.6 is 11.6 Å². The molecule has 0 amide bonds. The molecular weight excluding hydrogens is 284 g/mol. The van der Waals surface area contributed by atoms with Gasteiger partial charge in [-0.05, 0) is 31.5 Å². The fourth-order valence-corrected chi connectivity index (χ4v) is 2.28. The predicted molar refractivity (Wildman–Crippen MR) is 89.1 cm³/mol. The van der Waals surface area contributed by atoms with Crippen molar-refractivity contribution in [3.8, 4) is 0 Å². The van der Waals surface area contributed by atoms with Crippen LogP contribution < -0.4 is 10.6 Å². The van der Waals surface area contributed by atoms with E-state index in [-0.39, 0.29) is 6.04 Å². The molecule has 0 spiro atoms. The van der Waals surface area contributed by atoms with Crippen LogP contribution in [0.3, 0.4) is 0 Å². The first kappa shape index (κ1) is 15.6. The lowest BCUT2D eigenvalue weighted by atomic mass is 10.1. The first-order valence-electron chi connectivity index (χ1n) is 7.26. The molecule has 0 fully saturated rings. The van der Waals surface area contributed by atoms with E-state index in [1.807, 2.05) is 24.3 Å². The van der Waals surface area contributed by atoms with Gasteiger partial charge < -0.3 is 10.6 Å². The molecule has 1 aromatic heterocycles. The van der Waals surface area contributed by atoms with Crippen LogP contribution in [0.2, 0.25) is 5.02 Å². The van der Waals surface area contributed by atoms with Gasteiger partial charge in [-0.1, -0.05) is 30.7 Å². The molecule has 0 aliphatic heterocycles. The highest BCUT2D eigenvalue weighted by Gasteiger charge is 2.09. The van der Waals surface area contributed by atoms with Gasteiger partial charge >= 0.3 is 0 Å². The number of benzene rings is 1. The minimum absolute atomic E-state index is 0.123. The molecule has 112 valence electrons. The second-order valence-corrected chi connectivity index (χ2v) is 5.30. The van der Waals surface area contributed by atoms with Gasteiger partial charge in [-0.25, -0.2) is 9.97 Å². The van der Waals surface area contributed by atoms with Crippen molar-refractivity contribution in [2.45, 2.75) is 33.2 Å². The zero-order valence-electron chi connectivity index (χ0n) is 12.7. The van der Waals surface area contributed by atoms with Crippen LogP contribution in [0.1, 0.15) is 38.2 Å². The Bertz CT molecular complexity index is 601. The van der Waals surface area contributed by atoms with Crippen LogP contribution in [-0.4, -0.2) is 16.5 Å². The summed E-state index contributed by atoms with van der Waals surface area (Å²) < 4.78 is 0. The second kappa shape index (κ2) is 7.27. The molecule has 0 aliphatic carbocycles. The first-order valence-corrected chi connectivity index (χ1v) is 7.64. The summed E-state index contributed by atoms with van der Waals surface area (Å²) in [6, 6.07) is 9.91. The summed E-state index contributed by atoms with van der Waals surface area (Å²) in [4.78, 5) is 8.98. The summed E-state index contributed by atoms with van der Waals surface area (Å²) in [5, 5.41) is 7.38. The van der Waals surface area contributed by atoms with Crippen LogP contribution in [0, 0.1) is 0 Å². The number of nitrogens with one attached hydrogen (secondary N) is 2. The van der Waals surface area contributed by atoms with Gasteiger partial charge in [-0.15, -0.1) is 0 Å². The van der Waals surface area contributed by atoms with E-state index in [2.05, 4.69) is 47.4 Å². The monoisotopic (exact) mass is 304 g/mol. The Labute approximate surface area is 131 Å². The van der Waals surface area contributed by atoms with Crippen molar-refractivity contribution in [1.29, 1.82) is 0 Å². The summed E-state index contributed by atoms with van der Waals surface area (Å²) in [6.07, 6.45) is 0.805. The van der Waals surface area contributed by atoms with Crippen molar-refractivity contribution in [2.24, 2.45) is 0 Å². The molecule has 1 aromatic carbocycles. The summed E-state index contributed by atoms with van der Waals surface area (Å²) in [6.45, 7) is 7.03. The number of hydrogen-bond donors (Lipinski definition) is 2. The lowest BCUT2D eigenvalue weighted by Crippen LogP contribution is -2.11. The standard InChI is InChI=1S/C16H21ClN4/c1-4-14-20-15(18-5-2)10-16(21-14)19-11(3)12-7-6-8-13(17)9-12/h6-11H,4-5H2,1-3H3,(H2,18,19,20,21). The maximum absolute atomic E-state index is 6.04. The highest BCUT2D eigenvalue weighted by atomic mass is 35.5. The molecule has 2 N–H and O–H groups in total. The number of aromatic nitrogens is 2. The fourth-order valence-electron chi connectivity index (χ4n) is 2.08. The number of hydrogen-bond acceptors (Lipinski definition) is 4. The van der Waals surface area contributed by atoms with Crippen molar-refractivity contribution in [2.75, 3.05) is 17.2 Å². The minimum Gasteiger partial charge on any atom is -0.370 e. The van der Waals surface area contributed by atoms with Gasteiger partial charge in [-0.2, -0.15) is 0 Å². The molecule has 0 bridgehead atoms. The fraction of sp³-hybridized carbons (Fsp3) is 0.375. The first-order chi connectivity index (χ1) is 10.1. The largest absolute Gasteiger partial charge is 0.370 e. The van der Waals surface area contributed by atoms with Gasteiger partial charge in [-0.3, -0.25) is 0 Å². The average molecular weight is 305 g/mol. The molecule has 1 unspecified atom stereocenters. The third-order valence-corrected chi connectivity index (χ3v) is 3.39. The second-order valence-electron chi connectivity index (χ2n) is 4.86. The van der Waals surface area contributed by atoms with Crippen molar-refractivity contribution >= 4 is 23.2 Å². The third-order valence-electron chi connectivity index (χ3n) is 3.16. The van der Waals surface area contributed by atoms with Crippen molar-refractivity contribution in [1.82, 2.24) is 9.97 Å². The zero-order valence-corrected chi connectivity index (χ0v) is 13.4. The van der Waals surface area contributed by atoms with Gasteiger partial charge in [0.25, 0.3) is 0 Å². The number of aryl methyl sites for hydroxylation is 1. The molecule has 2 aromatic rings. The number of anilines is 2. The van der Waals surface area contributed by atoms with Crippen molar-refractivity contribution < 1.29 is 0 Å². The topological polar surface area (TPSA) is 49.8 Å². The molecule has 1 atom stereocenters. The van der Waals surface area contributed by atoms with E-state index in [4.69, 9.17) is 11.6 Å². The van der Waals surface area contributed by atoms with Crippen LogP contribution in [0.4, 0.5) is 11.6 Å². The molecule has 0 aliphatic rings. The average Bonchev–Trinajstić information content (AvgIpc) is 2.47. The maximum atomic E-state index is 6.04. The van der Waals surface area contributed by atoms with E-state index in [1.165, 1.54) is 0 Å². The molecule has 0 radical (unpaired) electrons. The van der Waals surface area contributed by atoms with Crippen LogP contribution in [0.15, 0.2) is 30.3 Å². The van der Waals surface area contributed by atoms with Gasteiger partial charge in [0.15, 0.2) is 0 Å². The summed E-state index contributed by atoms with van der Waals surface area (Å²) >= 11 is 6.04. The molecule has 5 heteroatoms. The van der Waals surface area contributed by atoms with Gasteiger partial charge in [0.2, 0.25) is 0 Å². The van der Waals surface area contributed by atoms with Crippen molar-refractivity contribution in [3.05, 3.63) is 46.7 Å². The maximum Gasteiger partial charge on any atom is 0.132 e. The van der Waals surface area contributed by atoms with Gasteiger partial charge in [0, 0.05) is 30.1 Å². The summed E-state index contributed by atoms with van der Waals surface area (Å²) in [7, 11) is 0. The van der Waals surface area contributed by atoms with E-state index >= 15 is 0 Å². The molecule has 21 heavy (non-hydrogen) atoms. The zero-order chi connectivity index (χ0) is 15.2. The van der Waals surface area contributed by atoms with E-state index in [0.29, 0.717) is 0 Å². The summed E-state index contributed by atoms with van der Waals surface area (Å²) in [5.74, 6) is 2.50. The number of rotatable bonds is 6. The lowest BCUT2D eigenvalue weighted by molar-refractivity contribution is 0.857. The van der Waals surface area contributed by atoms with Gasteiger partial charge in [0.05, 0.1) is 0 Å². The Morgan fingerprint density at radius 2 is 1.90 bits per heavy atom. The normalized spacial score (nSPS) is 12.0. The number of nitrogens with zero attached hydrogens (tertiary/aromatic N) is 2. The highest BCUT2D eigenvalue weighted by molar-refractivity contribution is 6.30. The molecule has 1 heterocycles. The smallest absolute Gasteiger partial charge is 0.132 e. The van der Waals surface area contributed by atoms with E-state index in [0.717, 1.165) is 41.0 Å². The Hall–Kier alpha value is -1.81. The predicted octanol–water partition coefficient (Wildman–Crippen LogP) is 4.30. The Morgan fingerprint density at radius 1 is 1.14 bits per heavy atom. The quantitative estimate of drug-likeness (QED) is 0.835.